The van der Waals surface area contributed by atoms with Crippen LogP contribution in [0.5, 0.6) is 5.75 Å². The molecule has 0 N–H and O–H groups in total. The molecule has 1 aliphatic rings. The van der Waals surface area contributed by atoms with Gasteiger partial charge in [-0.2, -0.15) is 5.10 Å². The molecule has 1 aromatic rings. The van der Waals surface area contributed by atoms with Crippen molar-refractivity contribution in [3.63, 3.8) is 0 Å². The SMILES string of the molecule is COc1cnn(CC2CCCN2C)c1Cl. The first-order chi connectivity index (χ1) is 7.22. The van der Waals surface area contributed by atoms with Crippen LogP contribution in [0.4, 0.5) is 0 Å². The maximum absolute atomic E-state index is 6.11. The zero-order valence-electron chi connectivity index (χ0n) is 9.11. The first-order valence-electron chi connectivity index (χ1n) is 5.18. The maximum Gasteiger partial charge on any atom is 0.175 e. The molecule has 0 bridgehead atoms. The maximum atomic E-state index is 6.11. The molecule has 1 saturated heterocycles. The van der Waals surface area contributed by atoms with Crippen LogP contribution in [0.3, 0.4) is 0 Å². The fourth-order valence-electron chi connectivity index (χ4n) is 2.03. The van der Waals surface area contributed by atoms with Gasteiger partial charge in [-0.25, -0.2) is 4.68 Å². The summed E-state index contributed by atoms with van der Waals surface area (Å²) in [7, 11) is 3.75. The van der Waals surface area contributed by atoms with Gasteiger partial charge in [-0.05, 0) is 26.4 Å². The zero-order valence-corrected chi connectivity index (χ0v) is 9.87. The van der Waals surface area contributed by atoms with Crippen LogP contribution >= 0.6 is 11.6 Å². The molecule has 84 valence electrons. The number of hydrogen-bond acceptors (Lipinski definition) is 3. The second kappa shape index (κ2) is 4.41. The molecule has 1 aromatic heterocycles. The summed E-state index contributed by atoms with van der Waals surface area (Å²) in [6, 6.07) is 0.548. The van der Waals surface area contributed by atoms with Gasteiger partial charge in [-0.1, -0.05) is 11.6 Å². The van der Waals surface area contributed by atoms with Crippen LogP contribution in [0.1, 0.15) is 12.8 Å². The van der Waals surface area contributed by atoms with Crippen molar-refractivity contribution in [2.45, 2.75) is 25.4 Å². The number of nitrogens with zero attached hydrogens (tertiary/aromatic N) is 3. The second-order valence-electron chi connectivity index (χ2n) is 3.96. The van der Waals surface area contributed by atoms with E-state index in [0.29, 0.717) is 16.9 Å². The summed E-state index contributed by atoms with van der Waals surface area (Å²) in [5.41, 5.74) is 0. The summed E-state index contributed by atoms with van der Waals surface area (Å²) in [6.07, 6.45) is 4.14. The summed E-state index contributed by atoms with van der Waals surface area (Å²) >= 11 is 6.11. The smallest absolute Gasteiger partial charge is 0.175 e. The van der Waals surface area contributed by atoms with Gasteiger partial charge in [0.05, 0.1) is 19.9 Å². The van der Waals surface area contributed by atoms with Crippen molar-refractivity contribution in [1.29, 1.82) is 0 Å². The van der Waals surface area contributed by atoms with Gasteiger partial charge in [0.2, 0.25) is 0 Å². The predicted molar refractivity (Wildman–Crippen MR) is 59.4 cm³/mol. The Bertz CT molecular complexity index is 339. The van der Waals surface area contributed by atoms with E-state index in [4.69, 9.17) is 16.3 Å². The lowest BCUT2D eigenvalue weighted by atomic mass is 10.2. The highest BCUT2D eigenvalue weighted by Gasteiger charge is 2.22. The lowest BCUT2D eigenvalue weighted by Gasteiger charge is -2.19. The summed E-state index contributed by atoms with van der Waals surface area (Å²) in [5.74, 6) is 0.650. The van der Waals surface area contributed by atoms with Gasteiger partial charge in [-0.3, -0.25) is 0 Å². The number of halogens is 1. The highest BCUT2D eigenvalue weighted by atomic mass is 35.5. The minimum atomic E-state index is 0.548. The van der Waals surface area contributed by atoms with Crippen LogP contribution in [-0.4, -0.2) is 41.4 Å². The van der Waals surface area contributed by atoms with Crippen molar-refractivity contribution in [3.8, 4) is 5.75 Å². The Hall–Kier alpha value is -0.740. The normalized spacial score (nSPS) is 22.2. The van der Waals surface area contributed by atoms with Crippen molar-refractivity contribution in [2.24, 2.45) is 0 Å². The lowest BCUT2D eigenvalue weighted by molar-refractivity contribution is 0.274. The monoisotopic (exact) mass is 229 g/mol. The van der Waals surface area contributed by atoms with Crippen LogP contribution in [0.25, 0.3) is 0 Å². The molecule has 15 heavy (non-hydrogen) atoms. The molecule has 1 fully saturated rings. The van der Waals surface area contributed by atoms with Crippen LogP contribution in [0, 0.1) is 0 Å². The first-order valence-corrected chi connectivity index (χ1v) is 5.55. The van der Waals surface area contributed by atoms with E-state index in [2.05, 4.69) is 17.0 Å². The average Bonchev–Trinajstić information content (AvgIpc) is 2.77. The fraction of sp³-hybridized carbons (Fsp3) is 0.700. The molecule has 2 heterocycles. The van der Waals surface area contributed by atoms with Gasteiger partial charge in [-0.15, -0.1) is 0 Å². The van der Waals surface area contributed by atoms with Crippen molar-refractivity contribution < 1.29 is 4.74 Å². The van der Waals surface area contributed by atoms with Crippen molar-refractivity contribution in [3.05, 3.63) is 11.3 Å². The molecular formula is C10H16ClN3O. The largest absolute Gasteiger partial charge is 0.492 e. The van der Waals surface area contributed by atoms with E-state index in [1.807, 2.05) is 4.68 Å². The van der Waals surface area contributed by atoms with Crippen molar-refractivity contribution in [2.75, 3.05) is 20.7 Å². The Morgan fingerprint density at radius 2 is 2.47 bits per heavy atom. The van der Waals surface area contributed by atoms with Crippen LogP contribution in [0.15, 0.2) is 6.20 Å². The van der Waals surface area contributed by atoms with Gasteiger partial charge in [0.1, 0.15) is 0 Å². The van der Waals surface area contributed by atoms with E-state index in [-0.39, 0.29) is 0 Å². The Morgan fingerprint density at radius 1 is 1.67 bits per heavy atom. The highest BCUT2D eigenvalue weighted by Crippen LogP contribution is 2.25. The third kappa shape index (κ3) is 2.11. The third-order valence-electron chi connectivity index (χ3n) is 3.02. The Labute approximate surface area is 94.8 Å². The Morgan fingerprint density at radius 3 is 3.00 bits per heavy atom. The number of likely N-dealkylation sites (tertiary alicyclic amines) is 1. The minimum absolute atomic E-state index is 0.548. The standard InChI is InChI=1S/C10H16ClN3O/c1-13-5-3-4-8(13)7-14-10(11)9(15-2)6-12-14/h6,8H,3-5,7H2,1-2H3. The third-order valence-corrected chi connectivity index (χ3v) is 3.40. The molecule has 0 aromatic carbocycles. The summed E-state index contributed by atoms with van der Waals surface area (Å²) < 4.78 is 6.90. The number of aromatic nitrogens is 2. The van der Waals surface area contributed by atoms with E-state index < -0.39 is 0 Å². The zero-order chi connectivity index (χ0) is 10.8. The van der Waals surface area contributed by atoms with E-state index >= 15 is 0 Å². The summed E-state index contributed by atoms with van der Waals surface area (Å²) in [6.45, 7) is 2.01. The number of likely N-dealkylation sites (N-methyl/N-ethyl adjacent to an activating group) is 1. The molecule has 0 saturated carbocycles. The molecule has 2 rings (SSSR count). The fourth-order valence-corrected chi connectivity index (χ4v) is 2.27. The quantitative estimate of drug-likeness (QED) is 0.790. The Kier molecular flexibility index (Phi) is 3.17. The van der Waals surface area contributed by atoms with Gasteiger partial charge in [0.15, 0.2) is 10.9 Å². The second-order valence-corrected chi connectivity index (χ2v) is 4.32. The molecule has 1 aliphatic heterocycles. The number of hydrogen-bond donors (Lipinski definition) is 0. The van der Waals surface area contributed by atoms with Crippen LogP contribution in [0.2, 0.25) is 5.15 Å². The number of ether oxygens (including phenoxy) is 1. The molecule has 0 amide bonds. The molecule has 0 spiro atoms. The highest BCUT2D eigenvalue weighted by molar-refractivity contribution is 6.31. The molecule has 0 aliphatic carbocycles. The lowest BCUT2D eigenvalue weighted by Crippen LogP contribution is -2.29. The van der Waals surface area contributed by atoms with Crippen molar-refractivity contribution in [1.82, 2.24) is 14.7 Å². The molecular weight excluding hydrogens is 214 g/mol. The van der Waals surface area contributed by atoms with E-state index in [1.165, 1.54) is 19.4 Å². The van der Waals surface area contributed by atoms with Gasteiger partial charge in [0, 0.05) is 6.04 Å². The topological polar surface area (TPSA) is 30.3 Å². The van der Waals surface area contributed by atoms with Gasteiger partial charge >= 0.3 is 0 Å². The molecule has 4 nitrogen and oxygen atoms in total. The summed E-state index contributed by atoms with van der Waals surface area (Å²) in [5, 5.41) is 4.81. The minimum Gasteiger partial charge on any atom is -0.492 e. The van der Waals surface area contributed by atoms with Crippen molar-refractivity contribution >= 4 is 11.6 Å². The first kappa shape index (κ1) is 10.8. The van der Waals surface area contributed by atoms with Crippen LogP contribution in [-0.2, 0) is 6.54 Å². The summed E-state index contributed by atoms with van der Waals surface area (Å²) in [4.78, 5) is 2.35. The average molecular weight is 230 g/mol. The van der Waals surface area contributed by atoms with Gasteiger partial charge < -0.3 is 9.64 Å². The van der Waals surface area contributed by atoms with E-state index in [9.17, 15) is 0 Å². The van der Waals surface area contributed by atoms with E-state index in [1.54, 1.807) is 13.3 Å². The van der Waals surface area contributed by atoms with Crippen LogP contribution < -0.4 is 4.74 Å². The Balaban J connectivity index is 2.07. The molecule has 1 unspecified atom stereocenters. The number of rotatable bonds is 3. The number of methoxy groups -OCH3 is 1. The van der Waals surface area contributed by atoms with Gasteiger partial charge in [0.25, 0.3) is 0 Å². The molecule has 5 heteroatoms. The molecule has 1 atom stereocenters. The van der Waals surface area contributed by atoms with E-state index in [0.717, 1.165) is 6.54 Å². The molecule has 0 radical (unpaired) electrons. The predicted octanol–water partition coefficient (Wildman–Crippen LogP) is 1.64.